The van der Waals surface area contributed by atoms with Gasteiger partial charge < -0.3 is 21.9 Å². The number of nitrogens with two attached hydrogens (primary N) is 2. The molecule has 0 spiro atoms. The van der Waals surface area contributed by atoms with E-state index >= 15 is 0 Å². The van der Waals surface area contributed by atoms with Crippen LogP contribution < -0.4 is 16.8 Å². The summed E-state index contributed by atoms with van der Waals surface area (Å²) in [6, 6.07) is 0.264. The number of carbonyl (C=O) groups excluding carboxylic acids is 5. The van der Waals surface area contributed by atoms with Gasteiger partial charge in [-0.3, -0.25) is 24.0 Å². The molecule has 3 aliphatic carbocycles. The molecule has 2 saturated carbocycles. The van der Waals surface area contributed by atoms with Gasteiger partial charge in [0.25, 0.3) is 0 Å². The van der Waals surface area contributed by atoms with Crippen molar-refractivity contribution in [1.82, 2.24) is 5.32 Å². The summed E-state index contributed by atoms with van der Waals surface area (Å²) in [6.07, 6.45) is -4.99. The summed E-state index contributed by atoms with van der Waals surface area (Å²) in [5.74, 6) is -11.9. The predicted molar refractivity (Wildman–Crippen MR) is 115 cm³/mol. The van der Waals surface area contributed by atoms with Crippen molar-refractivity contribution in [2.24, 2.45) is 35.1 Å². The third-order valence-corrected chi connectivity index (χ3v) is 8.11. The topological polar surface area (TPSA) is 170 Å². The lowest BCUT2D eigenvalue weighted by molar-refractivity contribution is -0.154. The van der Waals surface area contributed by atoms with Gasteiger partial charge in [-0.2, -0.15) is 13.2 Å². The van der Waals surface area contributed by atoms with Gasteiger partial charge in [0.1, 0.15) is 5.75 Å². The second-order valence-corrected chi connectivity index (χ2v) is 10.3. The number of aromatic hydroxyl groups is 1. The van der Waals surface area contributed by atoms with Crippen molar-refractivity contribution >= 4 is 29.0 Å². The molecule has 4 aliphatic rings. The number of benzene rings is 1. The lowest BCUT2D eigenvalue weighted by Gasteiger charge is -2.50. The van der Waals surface area contributed by atoms with E-state index in [1.165, 1.54) is 0 Å². The minimum absolute atomic E-state index is 0.169. The predicted octanol–water partition coefficient (Wildman–Crippen LogP) is 0.737. The second kappa shape index (κ2) is 7.94. The van der Waals surface area contributed by atoms with Crippen LogP contribution in [0.5, 0.6) is 5.75 Å². The molecule has 6 N–H and O–H groups in total. The summed E-state index contributed by atoms with van der Waals surface area (Å²) in [5.41, 5.74) is 7.59. The number of nitrogens with one attached hydrogen (secondary N) is 1. The molecular weight excluding hydrogens is 483 g/mol. The molecule has 0 bridgehead atoms. The minimum Gasteiger partial charge on any atom is -0.507 e. The molecule has 3 fully saturated rings. The highest BCUT2D eigenvalue weighted by Crippen LogP contribution is 2.52. The number of hydrogen-bond acceptors (Lipinski definition) is 8. The molecule has 1 aliphatic heterocycles. The summed E-state index contributed by atoms with van der Waals surface area (Å²) >= 11 is 0. The number of ketones is 4. The van der Waals surface area contributed by atoms with E-state index in [4.69, 9.17) is 11.5 Å². The molecule has 0 aromatic heterocycles. The highest BCUT2D eigenvalue weighted by atomic mass is 19.4. The van der Waals surface area contributed by atoms with Crippen molar-refractivity contribution in [2.45, 2.75) is 49.9 Å². The molecule has 192 valence electrons. The van der Waals surface area contributed by atoms with Gasteiger partial charge in [-0.15, -0.1) is 0 Å². The van der Waals surface area contributed by atoms with Crippen LogP contribution in [0, 0.1) is 23.7 Å². The summed E-state index contributed by atoms with van der Waals surface area (Å²) in [4.78, 5) is 64.1. The summed E-state index contributed by atoms with van der Waals surface area (Å²) < 4.78 is 43.1. The van der Waals surface area contributed by atoms with Gasteiger partial charge in [0, 0.05) is 18.0 Å². The molecule has 1 amide bonds. The molecule has 9 nitrogen and oxygen atoms in total. The molecule has 6 atom stereocenters. The van der Waals surface area contributed by atoms with Crippen LogP contribution >= 0.6 is 0 Å². The lowest BCUT2D eigenvalue weighted by Crippen LogP contribution is -2.68. The number of carbonyl (C=O) groups is 5. The number of phenolic OH excluding ortho intramolecular Hbond substituents is 1. The lowest BCUT2D eigenvalue weighted by atomic mass is 9.52. The molecule has 1 heterocycles. The maximum absolute atomic E-state index is 14.4. The van der Waals surface area contributed by atoms with Gasteiger partial charge in [0.15, 0.2) is 29.1 Å². The molecule has 0 radical (unpaired) electrons. The van der Waals surface area contributed by atoms with Gasteiger partial charge in [-0.05, 0) is 55.3 Å². The highest BCUT2D eigenvalue weighted by Gasteiger charge is 2.63. The first-order valence-corrected chi connectivity index (χ1v) is 11.7. The Morgan fingerprint density at radius 1 is 1.17 bits per heavy atom. The van der Waals surface area contributed by atoms with Gasteiger partial charge >= 0.3 is 6.18 Å². The first kappa shape index (κ1) is 24.6. The zero-order valence-corrected chi connectivity index (χ0v) is 19.0. The Morgan fingerprint density at radius 3 is 2.44 bits per heavy atom. The molecular formula is C24H24F3N3O6. The van der Waals surface area contributed by atoms with Crippen LogP contribution in [-0.2, 0) is 31.8 Å². The Bertz CT molecular complexity index is 1240. The van der Waals surface area contributed by atoms with E-state index in [2.05, 4.69) is 5.32 Å². The fourth-order valence-corrected chi connectivity index (χ4v) is 6.80. The van der Waals surface area contributed by atoms with Crippen LogP contribution in [0.4, 0.5) is 13.2 Å². The molecule has 5 rings (SSSR count). The number of fused-ring (bicyclic) bond motifs is 3. The van der Waals surface area contributed by atoms with Crippen molar-refractivity contribution in [3.05, 3.63) is 28.3 Å². The number of Topliss-reactive ketones (excluding diaryl/α,β-unsaturated/α-hetero) is 4. The Morgan fingerprint density at radius 2 is 1.86 bits per heavy atom. The van der Waals surface area contributed by atoms with Crippen molar-refractivity contribution in [1.29, 1.82) is 0 Å². The van der Waals surface area contributed by atoms with Crippen LogP contribution in [0.15, 0.2) is 6.07 Å². The molecule has 1 saturated heterocycles. The van der Waals surface area contributed by atoms with E-state index < -0.39 is 106 Å². The molecule has 36 heavy (non-hydrogen) atoms. The largest absolute Gasteiger partial charge is 0.507 e. The normalized spacial score (nSPS) is 34.3. The Hall–Kier alpha value is -3.12. The number of halogens is 3. The Balaban J connectivity index is 1.64. The number of hydrogen-bond donors (Lipinski definition) is 4. The van der Waals surface area contributed by atoms with Gasteiger partial charge in [0.2, 0.25) is 5.91 Å². The van der Waals surface area contributed by atoms with E-state index in [1.54, 1.807) is 0 Å². The Kier molecular flexibility index (Phi) is 5.42. The summed E-state index contributed by atoms with van der Waals surface area (Å²) in [7, 11) is 0. The van der Waals surface area contributed by atoms with E-state index in [0.717, 1.165) is 6.07 Å². The number of primary amides is 1. The van der Waals surface area contributed by atoms with Crippen LogP contribution in [0.25, 0.3) is 0 Å². The maximum atomic E-state index is 14.4. The van der Waals surface area contributed by atoms with Crippen LogP contribution in [0.3, 0.4) is 0 Å². The van der Waals surface area contributed by atoms with E-state index in [0.29, 0.717) is 19.4 Å². The van der Waals surface area contributed by atoms with Crippen molar-refractivity contribution in [2.75, 3.05) is 6.54 Å². The first-order chi connectivity index (χ1) is 16.8. The SMILES string of the molecule is NC(=O)C1C(=O)CC2(N)CC3Cc4c(c(O)cc(C5CCCN5)c4C(F)(F)F)C(=O)C3C(=O)C2C1=O. The minimum atomic E-state index is -4.85. The molecule has 6 unspecified atom stereocenters. The number of alkyl halides is 3. The second-order valence-electron chi connectivity index (χ2n) is 10.3. The third-order valence-electron chi connectivity index (χ3n) is 8.11. The fourth-order valence-electron chi connectivity index (χ4n) is 6.80. The van der Waals surface area contributed by atoms with E-state index in [9.17, 15) is 42.3 Å². The first-order valence-electron chi connectivity index (χ1n) is 11.7. The van der Waals surface area contributed by atoms with Crippen LogP contribution in [0.2, 0.25) is 0 Å². The van der Waals surface area contributed by atoms with Crippen molar-refractivity contribution in [3.63, 3.8) is 0 Å². The quantitative estimate of drug-likeness (QED) is 0.425. The zero-order valence-electron chi connectivity index (χ0n) is 19.0. The standard InChI is InChI=1S/C24H24F3N3O6/c25-24(26,27)17-9(11-2-1-3-30-11)5-12(31)15-10(17)4-8-6-23(29)7-13(32)16(22(28)36)21(35)18(23)20(34)14(8)19(15)33/h5,8,11,14,16,18,30-31H,1-4,6-7,29H2,(H2,28,36). The van der Waals surface area contributed by atoms with Crippen molar-refractivity contribution in [3.8, 4) is 5.75 Å². The number of rotatable bonds is 2. The van der Waals surface area contributed by atoms with Crippen molar-refractivity contribution < 1.29 is 42.3 Å². The number of phenols is 1. The molecule has 1 aromatic rings. The maximum Gasteiger partial charge on any atom is 0.417 e. The van der Waals surface area contributed by atoms with E-state index in [1.807, 2.05) is 0 Å². The van der Waals surface area contributed by atoms with Crippen LogP contribution in [-0.4, -0.2) is 46.2 Å². The van der Waals surface area contributed by atoms with Crippen LogP contribution in [0.1, 0.15) is 58.8 Å². The smallest absolute Gasteiger partial charge is 0.417 e. The molecule has 1 aromatic carbocycles. The van der Waals surface area contributed by atoms with E-state index in [-0.39, 0.29) is 12.0 Å². The van der Waals surface area contributed by atoms with Gasteiger partial charge in [-0.1, -0.05) is 0 Å². The summed E-state index contributed by atoms with van der Waals surface area (Å²) in [5, 5.41) is 13.7. The average molecular weight is 507 g/mol. The fraction of sp³-hybridized carbons (Fsp3) is 0.542. The Labute approximate surface area is 202 Å². The number of amides is 1. The molecule has 12 heteroatoms. The monoisotopic (exact) mass is 507 g/mol. The van der Waals surface area contributed by atoms with Gasteiger partial charge in [-0.25, -0.2) is 0 Å². The summed E-state index contributed by atoms with van der Waals surface area (Å²) in [6.45, 7) is 0.503. The average Bonchev–Trinajstić information content (AvgIpc) is 3.25. The zero-order chi connectivity index (χ0) is 26.3. The van der Waals surface area contributed by atoms with Gasteiger partial charge in [0.05, 0.1) is 23.0 Å². The highest BCUT2D eigenvalue weighted by molar-refractivity contribution is 6.28. The third kappa shape index (κ3) is 3.41.